The van der Waals surface area contributed by atoms with Gasteiger partial charge in [-0.3, -0.25) is 0 Å². The van der Waals surface area contributed by atoms with Gasteiger partial charge < -0.3 is 4.74 Å². The highest BCUT2D eigenvalue weighted by atomic mass is 31.1. The van der Waals surface area contributed by atoms with Gasteiger partial charge in [0.25, 0.3) is 0 Å². The van der Waals surface area contributed by atoms with Gasteiger partial charge in [0.05, 0.1) is 0 Å². The van der Waals surface area contributed by atoms with Crippen molar-refractivity contribution >= 4 is 34.8 Å². The molecule has 2 heteroatoms. The van der Waals surface area contributed by atoms with Gasteiger partial charge in [-0.15, -0.1) is 0 Å². The second-order valence-electron chi connectivity index (χ2n) is 8.87. The van der Waals surface area contributed by atoms with E-state index in [4.69, 9.17) is 4.74 Å². The van der Waals surface area contributed by atoms with E-state index >= 15 is 0 Å². The van der Waals surface area contributed by atoms with Crippen molar-refractivity contribution in [2.75, 3.05) is 0 Å². The molecule has 1 aliphatic heterocycles. The molecule has 2 atom stereocenters. The Labute approximate surface area is 174 Å². The van der Waals surface area contributed by atoms with Crippen LogP contribution in [0.2, 0.25) is 0 Å². The van der Waals surface area contributed by atoms with Crippen LogP contribution in [0.25, 0.3) is 32.7 Å². The Morgan fingerprint density at radius 3 is 2.03 bits per heavy atom. The fourth-order valence-electron chi connectivity index (χ4n) is 4.75. The van der Waals surface area contributed by atoms with E-state index in [1.54, 1.807) is 0 Å². The lowest BCUT2D eigenvalue weighted by molar-refractivity contribution is 0.288. The van der Waals surface area contributed by atoms with Crippen molar-refractivity contribution in [2.45, 2.75) is 45.1 Å². The predicted molar refractivity (Wildman–Crippen MR) is 128 cm³/mol. The molecule has 0 amide bonds. The van der Waals surface area contributed by atoms with Crippen LogP contribution in [0, 0.1) is 0 Å². The number of hydrogen-bond donors (Lipinski definition) is 0. The average molecular weight is 398 g/mol. The molecular weight excluding hydrogens is 371 g/mol. The molecule has 29 heavy (non-hydrogen) atoms. The minimum atomic E-state index is -0.443. The molecule has 1 aliphatic rings. The van der Waals surface area contributed by atoms with Gasteiger partial charge in [0.15, 0.2) is 0 Å². The van der Waals surface area contributed by atoms with E-state index in [2.05, 4.69) is 100 Å². The summed E-state index contributed by atoms with van der Waals surface area (Å²) in [6, 6.07) is 26.5. The maximum absolute atomic E-state index is 6.51. The molecule has 146 valence electrons. The van der Waals surface area contributed by atoms with E-state index in [1.165, 1.54) is 38.0 Å². The second kappa shape index (κ2) is 6.85. The minimum Gasteiger partial charge on any atom is -0.485 e. The van der Waals surface area contributed by atoms with E-state index < -0.39 is 7.92 Å². The lowest BCUT2D eigenvalue weighted by Gasteiger charge is -2.32. The zero-order chi connectivity index (χ0) is 20.2. The monoisotopic (exact) mass is 398 g/mol. The fourth-order valence-corrected chi connectivity index (χ4v) is 7.97. The normalized spacial score (nSPS) is 18.8. The van der Waals surface area contributed by atoms with Crippen LogP contribution in [0.3, 0.4) is 0 Å². The van der Waals surface area contributed by atoms with Gasteiger partial charge in [0.1, 0.15) is 11.6 Å². The van der Waals surface area contributed by atoms with E-state index in [9.17, 15) is 0 Å². The van der Waals surface area contributed by atoms with Gasteiger partial charge in [-0.25, -0.2) is 0 Å². The van der Waals surface area contributed by atoms with Crippen molar-refractivity contribution in [3.05, 3.63) is 72.8 Å². The summed E-state index contributed by atoms with van der Waals surface area (Å²) in [6.07, 6.45) is 1.05. The Bertz CT molecular complexity index is 1160. The molecule has 0 radical (unpaired) electrons. The zero-order valence-electron chi connectivity index (χ0n) is 17.6. The van der Waals surface area contributed by atoms with Gasteiger partial charge in [-0.2, -0.15) is 0 Å². The summed E-state index contributed by atoms with van der Waals surface area (Å²) in [4.78, 5) is 0. The van der Waals surface area contributed by atoms with E-state index in [0.29, 0.717) is 5.85 Å². The highest BCUT2D eigenvalue weighted by molar-refractivity contribution is 7.68. The Kier molecular flexibility index (Phi) is 4.41. The number of ether oxygens (including phenoxy) is 1. The van der Waals surface area contributed by atoms with Crippen molar-refractivity contribution in [3.8, 4) is 16.9 Å². The van der Waals surface area contributed by atoms with E-state index in [0.717, 1.165) is 12.2 Å². The first-order valence-corrected chi connectivity index (χ1v) is 11.9. The maximum atomic E-state index is 6.51. The smallest absolute Gasteiger partial charge is 0.128 e. The van der Waals surface area contributed by atoms with Crippen LogP contribution in [0.4, 0.5) is 0 Å². The number of rotatable bonds is 2. The molecule has 0 saturated carbocycles. The minimum absolute atomic E-state index is 0.192. The van der Waals surface area contributed by atoms with Gasteiger partial charge in [0, 0.05) is 5.30 Å². The SMILES string of the molecule is CCC1Oc2cccc(-c3c4ccccc4cc4ccccc34)c2[P@@]1C(C)(C)C. The molecule has 0 aliphatic carbocycles. The maximum Gasteiger partial charge on any atom is 0.128 e. The van der Waals surface area contributed by atoms with Crippen LogP contribution in [0.1, 0.15) is 34.1 Å². The predicted octanol–water partition coefficient (Wildman–Crippen LogP) is 7.69. The Morgan fingerprint density at radius 1 is 0.828 bits per heavy atom. The van der Waals surface area contributed by atoms with Crippen molar-refractivity contribution in [2.24, 2.45) is 0 Å². The molecule has 1 nitrogen and oxygen atoms in total. The first-order valence-electron chi connectivity index (χ1n) is 10.5. The molecule has 1 unspecified atom stereocenters. The molecular formula is C27H27OP. The van der Waals surface area contributed by atoms with Crippen LogP contribution < -0.4 is 10.0 Å². The van der Waals surface area contributed by atoms with Crippen LogP contribution >= 0.6 is 7.92 Å². The Morgan fingerprint density at radius 2 is 1.45 bits per heavy atom. The Hall–Kier alpha value is -2.37. The highest BCUT2D eigenvalue weighted by Gasteiger charge is 2.42. The quantitative estimate of drug-likeness (QED) is 0.248. The summed E-state index contributed by atoms with van der Waals surface area (Å²) >= 11 is 0. The van der Waals surface area contributed by atoms with Gasteiger partial charge in [0.2, 0.25) is 0 Å². The summed E-state index contributed by atoms with van der Waals surface area (Å²) in [5, 5.41) is 6.88. The standard InChI is InChI=1S/C27H27OP/c1-5-24-28-23-16-10-15-22(26(23)29(24)27(2,3)4)25-20-13-8-6-11-18(20)17-19-12-7-9-14-21(19)25/h6-17,24H,5H2,1-4H3/t24?,29-/m0/s1. The lowest BCUT2D eigenvalue weighted by Crippen LogP contribution is -2.24. The van der Waals surface area contributed by atoms with Crippen molar-refractivity contribution < 1.29 is 4.74 Å². The topological polar surface area (TPSA) is 9.23 Å². The van der Waals surface area contributed by atoms with Crippen molar-refractivity contribution in [3.63, 3.8) is 0 Å². The third kappa shape index (κ3) is 2.95. The first-order chi connectivity index (χ1) is 14.0. The zero-order valence-corrected chi connectivity index (χ0v) is 18.5. The summed E-state index contributed by atoms with van der Waals surface area (Å²) in [6.45, 7) is 9.37. The first kappa shape index (κ1) is 18.6. The van der Waals surface area contributed by atoms with Gasteiger partial charge in [-0.1, -0.05) is 88.4 Å². The molecule has 0 fully saturated rings. The molecule has 0 spiro atoms. The average Bonchev–Trinajstić information content (AvgIpc) is 3.11. The van der Waals surface area contributed by atoms with Crippen molar-refractivity contribution in [1.29, 1.82) is 0 Å². The van der Waals surface area contributed by atoms with Crippen LogP contribution in [-0.4, -0.2) is 11.0 Å². The molecule has 0 aromatic heterocycles. The molecule has 1 heterocycles. The van der Waals surface area contributed by atoms with Crippen LogP contribution in [0.15, 0.2) is 72.8 Å². The molecule has 0 bridgehead atoms. The van der Waals surface area contributed by atoms with Gasteiger partial charge >= 0.3 is 0 Å². The van der Waals surface area contributed by atoms with E-state index in [1.807, 2.05) is 0 Å². The lowest BCUT2D eigenvalue weighted by atomic mass is 9.92. The third-order valence-electron chi connectivity index (χ3n) is 5.90. The van der Waals surface area contributed by atoms with Crippen LogP contribution in [-0.2, 0) is 0 Å². The van der Waals surface area contributed by atoms with Crippen molar-refractivity contribution in [1.82, 2.24) is 0 Å². The highest BCUT2D eigenvalue weighted by Crippen LogP contribution is 2.61. The number of hydrogen-bond acceptors (Lipinski definition) is 1. The molecule has 0 saturated heterocycles. The molecule has 4 aromatic rings. The summed E-state index contributed by atoms with van der Waals surface area (Å²) < 4.78 is 6.51. The van der Waals surface area contributed by atoms with E-state index in [-0.39, 0.29) is 5.16 Å². The molecule has 5 rings (SSSR count). The summed E-state index contributed by atoms with van der Waals surface area (Å²) in [5.74, 6) is 1.38. The number of fused-ring (bicyclic) bond motifs is 3. The Balaban J connectivity index is 1.90. The fraction of sp³-hybridized carbons (Fsp3) is 0.259. The summed E-state index contributed by atoms with van der Waals surface area (Å²) in [5.41, 5.74) is 2.71. The third-order valence-corrected chi connectivity index (χ3v) is 9.34. The largest absolute Gasteiger partial charge is 0.485 e. The molecule has 0 N–H and O–H groups in total. The number of benzene rings is 4. The summed E-state index contributed by atoms with van der Waals surface area (Å²) in [7, 11) is -0.443. The van der Waals surface area contributed by atoms with Gasteiger partial charge in [-0.05, 0) is 64.3 Å². The van der Waals surface area contributed by atoms with Crippen LogP contribution in [0.5, 0.6) is 5.75 Å². The second-order valence-corrected chi connectivity index (χ2v) is 12.0. The molecule has 4 aromatic carbocycles.